The van der Waals surface area contributed by atoms with Crippen LogP contribution in [0.1, 0.15) is 27.0 Å². The zero-order valence-electron chi connectivity index (χ0n) is 12.5. The van der Waals surface area contributed by atoms with Gasteiger partial charge in [-0.05, 0) is 37.1 Å². The Morgan fingerprint density at radius 3 is 2.55 bits per heavy atom. The van der Waals surface area contributed by atoms with Gasteiger partial charge in [0.2, 0.25) is 5.91 Å². The summed E-state index contributed by atoms with van der Waals surface area (Å²) in [5.41, 5.74) is 6.07. The van der Waals surface area contributed by atoms with Crippen molar-refractivity contribution in [3.63, 3.8) is 0 Å². The molecule has 2 amide bonds. The van der Waals surface area contributed by atoms with Crippen molar-refractivity contribution in [1.82, 2.24) is 10.9 Å². The molecule has 2 aromatic rings. The predicted octanol–water partition coefficient (Wildman–Crippen LogP) is 3.17. The van der Waals surface area contributed by atoms with Gasteiger partial charge in [0.15, 0.2) is 0 Å². The quantitative estimate of drug-likeness (QED) is 0.652. The Hall–Kier alpha value is -1.79. The molecule has 0 fully saturated rings. The monoisotopic (exact) mass is 334 g/mol. The standard InChI is InChI=1S/C16H18N2O2S2/c1-3-12-9-14(22-11(12)2)16(20)18-17-15(19)10-21-13-7-5-4-6-8-13/h4-9H,3,10H2,1-2H3,(H,17,19)(H,18,20). The predicted molar refractivity (Wildman–Crippen MR) is 91.2 cm³/mol. The molecule has 116 valence electrons. The lowest BCUT2D eigenvalue weighted by molar-refractivity contribution is -0.119. The summed E-state index contributed by atoms with van der Waals surface area (Å²) in [5.74, 6) is -0.245. The Kier molecular flexibility index (Phi) is 6.03. The fourth-order valence-electron chi connectivity index (χ4n) is 1.87. The minimum Gasteiger partial charge on any atom is -0.272 e. The summed E-state index contributed by atoms with van der Waals surface area (Å²) in [5, 5.41) is 0. The van der Waals surface area contributed by atoms with E-state index >= 15 is 0 Å². The van der Waals surface area contributed by atoms with Crippen LogP contribution in [-0.2, 0) is 11.2 Å². The molecule has 0 unspecified atom stereocenters. The molecule has 0 aliphatic carbocycles. The number of hydrogen-bond donors (Lipinski definition) is 2. The normalized spacial score (nSPS) is 10.3. The van der Waals surface area contributed by atoms with Crippen molar-refractivity contribution in [2.45, 2.75) is 25.2 Å². The topological polar surface area (TPSA) is 58.2 Å². The van der Waals surface area contributed by atoms with E-state index in [0.717, 1.165) is 16.2 Å². The van der Waals surface area contributed by atoms with Gasteiger partial charge in [0.05, 0.1) is 10.6 Å². The number of carbonyl (C=O) groups is 2. The van der Waals surface area contributed by atoms with E-state index in [4.69, 9.17) is 0 Å². The Morgan fingerprint density at radius 2 is 1.91 bits per heavy atom. The van der Waals surface area contributed by atoms with E-state index in [1.54, 1.807) is 0 Å². The van der Waals surface area contributed by atoms with Crippen LogP contribution in [0.15, 0.2) is 41.3 Å². The molecule has 0 spiro atoms. The Morgan fingerprint density at radius 1 is 1.18 bits per heavy atom. The summed E-state index contributed by atoms with van der Waals surface area (Å²) in [6.07, 6.45) is 0.899. The van der Waals surface area contributed by atoms with Crippen LogP contribution in [-0.4, -0.2) is 17.6 Å². The van der Waals surface area contributed by atoms with E-state index in [2.05, 4.69) is 17.8 Å². The number of benzene rings is 1. The second kappa shape index (κ2) is 8.00. The summed E-state index contributed by atoms with van der Waals surface area (Å²) in [6.45, 7) is 4.05. The first-order valence-electron chi connectivity index (χ1n) is 6.96. The van der Waals surface area contributed by atoms with Gasteiger partial charge in [-0.25, -0.2) is 0 Å². The highest BCUT2D eigenvalue weighted by atomic mass is 32.2. The highest BCUT2D eigenvalue weighted by Gasteiger charge is 2.12. The SMILES string of the molecule is CCc1cc(C(=O)NNC(=O)CSc2ccccc2)sc1C. The summed E-state index contributed by atoms with van der Waals surface area (Å²) < 4.78 is 0. The third kappa shape index (κ3) is 4.61. The van der Waals surface area contributed by atoms with Gasteiger partial charge in [-0.15, -0.1) is 23.1 Å². The van der Waals surface area contributed by atoms with Crippen molar-refractivity contribution in [2.75, 3.05) is 5.75 Å². The second-order valence-electron chi connectivity index (χ2n) is 4.65. The van der Waals surface area contributed by atoms with E-state index in [1.807, 2.05) is 43.3 Å². The molecule has 0 bridgehead atoms. The van der Waals surface area contributed by atoms with Crippen LogP contribution in [0.5, 0.6) is 0 Å². The van der Waals surface area contributed by atoms with Gasteiger partial charge in [0.1, 0.15) is 0 Å². The average Bonchev–Trinajstić information content (AvgIpc) is 2.92. The summed E-state index contributed by atoms with van der Waals surface area (Å²) >= 11 is 2.87. The molecule has 1 aromatic heterocycles. The van der Waals surface area contributed by atoms with Crippen molar-refractivity contribution in [3.05, 3.63) is 51.7 Å². The summed E-state index contributed by atoms with van der Waals surface area (Å²) in [4.78, 5) is 26.5. The van der Waals surface area contributed by atoms with E-state index < -0.39 is 0 Å². The number of thiophene rings is 1. The van der Waals surface area contributed by atoms with E-state index in [9.17, 15) is 9.59 Å². The van der Waals surface area contributed by atoms with Crippen LogP contribution in [0.25, 0.3) is 0 Å². The van der Waals surface area contributed by atoms with Gasteiger partial charge >= 0.3 is 0 Å². The smallest absolute Gasteiger partial charge is 0.272 e. The molecule has 2 N–H and O–H groups in total. The molecule has 1 aromatic carbocycles. The maximum Gasteiger partial charge on any atom is 0.279 e. The molecule has 22 heavy (non-hydrogen) atoms. The third-order valence-electron chi connectivity index (χ3n) is 3.05. The zero-order valence-corrected chi connectivity index (χ0v) is 14.1. The van der Waals surface area contributed by atoms with Crippen LogP contribution >= 0.6 is 23.1 Å². The van der Waals surface area contributed by atoms with Crippen molar-refractivity contribution < 1.29 is 9.59 Å². The fourth-order valence-corrected chi connectivity index (χ4v) is 3.60. The summed E-state index contributed by atoms with van der Waals surface area (Å²) in [7, 11) is 0. The molecule has 0 saturated carbocycles. The minimum atomic E-state index is -0.272. The maximum absolute atomic E-state index is 12.0. The lowest BCUT2D eigenvalue weighted by Crippen LogP contribution is -2.42. The van der Waals surface area contributed by atoms with Crippen molar-refractivity contribution >= 4 is 34.9 Å². The molecule has 0 aliphatic rings. The first-order chi connectivity index (χ1) is 10.6. The molecule has 0 atom stereocenters. The first kappa shape index (κ1) is 16.6. The fraction of sp³-hybridized carbons (Fsp3) is 0.250. The van der Waals surface area contributed by atoms with Gasteiger partial charge in [0, 0.05) is 9.77 Å². The van der Waals surface area contributed by atoms with Crippen LogP contribution in [0, 0.1) is 6.92 Å². The molecule has 0 aliphatic heterocycles. The van der Waals surface area contributed by atoms with Gasteiger partial charge in [0.25, 0.3) is 5.91 Å². The number of hydrazine groups is 1. The number of nitrogens with one attached hydrogen (secondary N) is 2. The van der Waals surface area contributed by atoms with Gasteiger partial charge in [-0.3, -0.25) is 20.4 Å². The lowest BCUT2D eigenvalue weighted by Gasteiger charge is -2.06. The number of aryl methyl sites for hydroxylation is 2. The van der Waals surface area contributed by atoms with Gasteiger partial charge in [-0.1, -0.05) is 25.1 Å². The Labute approximate surface area is 138 Å². The van der Waals surface area contributed by atoms with E-state index in [-0.39, 0.29) is 17.6 Å². The second-order valence-corrected chi connectivity index (χ2v) is 6.95. The highest BCUT2D eigenvalue weighted by Crippen LogP contribution is 2.21. The lowest BCUT2D eigenvalue weighted by atomic mass is 10.2. The number of amides is 2. The maximum atomic E-state index is 12.0. The average molecular weight is 334 g/mol. The molecular weight excluding hydrogens is 316 g/mol. The molecule has 0 saturated heterocycles. The van der Waals surface area contributed by atoms with E-state index in [0.29, 0.717) is 4.88 Å². The number of rotatable bonds is 5. The Balaban J connectivity index is 1.79. The van der Waals surface area contributed by atoms with Gasteiger partial charge in [-0.2, -0.15) is 0 Å². The zero-order chi connectivity index (χ0) is 15.9. The minimum absolute atomic E-state index is 0.230. The van der Waals surface area contributed by atoms with E-state index in [1.165, 1.54) is 28.7 Å². The van der Waals surface area contributed by atoms with Gasteiger partial charge < -0.3 is 0 Å². The molecule has 2 rings (SSSR count). The largest absolute Gasteiger partial charge is 0.279 e. The molecule has 0 radical (unpaired) electrons. The number of hydrogen-bond acceptors (Lipinski definition) is 4. The van der Waals surface area contributed by atoms with Crippen molar-refractivity contribution in [2.24, 2.45) is 0 Å². The third-order valence-corrected chi connectivity index (χ3v) is 5.16. The van der Waals surface area contributed by atoms with Crippen LogP contribution in [0.3, 0.4) is 0 Å². The first-order valence-corrected chi connectivity index (χ1v) is 8.76. The number of carbonyl (C=O) groups excluding carboxylic acids is 2. The van der Waals surface area contributed by atoms with Crippen LogP contribution in [0.4, 0.5) is 0 Å². The molecule has 1 heterocycles. The molecule has 4 nitrogen and oxygen atoms in total. The molecular formula is C16H18N2O2S2. The number of thioether (sulfide) groups is 1. The van der Waals surface area contributed by atoms with Crippen LogP contribution in [0.2, 0.25) is 0 Å². The Bertz CT molecular complexity index is 653. The summed E-state index contributed by atoms with van der Waals surface area (Å²) in [6, 6.07) is 11.5. The van der Waals surface area contributed by atoms with Crippen molar-refractivity contribution in [1.29, 1.82) is 0 Å². The molecule has 6 heteroatoms. The van der Waals surface area contributed by atoms with Crippen LogP contribution < -0.4 is 10.9 Å². The highest BCUT2D eigenvalue weighted by molar-refractivity contribution is 8.00. The van der Waals surface area contributed by atoms with Crippen molar-refractivity contribution in [3.8, 4) is 0 Å².